The molecule has 1 aliphatic rings. The van der Waals surface area contributed by atoms with E-state index in [0.29, 0.717) is 6.04 Å². The molecule has 1 saturated carbocycles. The van der Waals surface area contributed by atoms with E-state index < -0.39 is 0 Å². The van der Waals surface area contributed by atoms with Crippen LogP contribution in [0.5, 0.6) is 0 Å². The number of hydrogen-bond acceptors (Lipinski definition) is 2. The molecule has 0 radical (unpaired) electrons. The van der Waals surface area contributed by atoms with Crippen LogP contribution in [0.1, 0.15) is 32.6 Å². The summed E-state index contributed by atoms with van der Waals surface area (Å²) in [4.78, 5) is 15.5. The summed E-state index contributed by atoms with van der Waals surface area (Å²) in [6.07, 6.45) is 9.44. The van der Waals surface area contributed by atoms with Crippen molar-refractivity contribution in [2.24, 2.45) is 5.92 Å². The van der Waals surface area contributed by atoms with Gasteiger partial charge in [0.1, 0.15) is 6.33 Å². The van der Waals surface area contributed by atoms with E-state index in [0.717, 1.165) is 18.8 Å². The largest absolute Gasteiger partial charge is 0.335 e. The van der Waals surface area contributed by atoms with Gasteiger partial charge < -0.3 is 5.32 Å². The van der Waals surface area contributed by atoms with Crippen molar-refractivity contribution >= 4 is 6.03 Å². The van der Waals surface area contributed by atoms with Crippen molar-refractivity contribution < 1.29 is 4.79 Å². The molecule has 82 valence electrons. The minimum Gasteiger partial charge on any atom is -0.335 e. The highest BCUT2D eigenvalue weighted by atomic mass is 16.2. The second kappa shape index (κ2) is 4.47. The van der Waals surface area contributed by atoms with Crippen LogP contribution in [0.15, 0.2) is 18.7 Å². The Morgan fingerprint density at radius 1 is 1.40 bits per heavy atom. The van der Waals surface area contributed by atoms with Gasteiger partial charge in [-0.15, -0.1) is 0 Å². The van der Waals surface area contributed by atoms with Crippen LogP contribution in [0.4, 0.5) is 4.79 Å². The third-order valence-electron chi connectivity index (χ3n) is 3.08. The van der Waals surface area contributed by atoms with Crippen LogP contribution in [0.25, 0.3) is 0 Å². The van der Waals surface area contributed by atoms with Crippen molar-refractivity contribution in [3.63, 3.8) is 0 Å². The van der Waals surface area contributed by atoms with Gasteiger partial charge in [-0.1, -0.05) is 6.92 Å². The summed E-state index contributed by atoms with van der Waals surface area (Å²) in [5.74, 6) is 0.811. The molecule has 0 unspecified atom stereocenters. The second-order valence-electron chi connectivity index (χ2n) is 4.38. The lowest BCUT2D eigenvalue weighted by molar-refractivity contribution is 0.230. The smallest absolute Gasteiger partial charge is 0.327 e. The van der Waals surface area contributed by atoms with Crippen molar-refractivity contribution in [1.29, 1.82) is 0 Å². The van der Waals surface area contributed by atoms with Crippen LogP contribution in [0.3, 0.4) is 0 Å². The van der Waals surface area contributed by atoms with Gasteiger partial charge in [0.05, 0.1) is 0 Å². The number of carbonyl (C=O) groups is 1. The fourth-order valence-corrected chi connectivity index (χ4v) is 2.03. The third-order valence-corrected chi connectivity index (χ3v) is 3.08. The highest BCUT2D eigenvalue weighted by Gasteiger charge is 2.19. The predicted octanol–water partition coefficient (Wildman–Crippen LogP) is 2.02. The number of rotatable bonds is 1. The van der Waals surface area contributed by atoms with E-state index in [1.54, 1.807) is 12.4 Å². The normalized spacial score (nSPS) is 26.2. The number of carbonyl (C=O) groups excluding carboxylic acids is 1. The summed E-state index contributed by atoms with van der Waals surface area (Å²) < 4.78 is 1.48. The van der Waals surface area contributed by atoms with Crippen molar-refractivity contribution in [2.45, 2.75) is 38.6 Å². The van der Waals surface area contributed by atoms with E-state index in [4.69, 9.17) is 0 Å². The predicted molar refractivity (Wildman–Crippen MR) is 57.6 cm³/mol. The third kappa shape index (κ3) is 2.58. The Balaban J connectivity index is 1.85. The number of imidazole rings is 1. The summed E-state index contributed by atoms with van der Waals surface area (Å²) in [7, 11) is 0. The van der Waals surface area contributed by atoms with Crippen LogP contribution < -0.4 is 5.32 Å². The van der Waals surface area contributed by atoms with E-state index >= 15 is 0 Å². The first-order valence-corrected chi connectivity index (χ1v) is 5.54. The Hall–Kier alpha value is -1.32. The summed E-state index contributed by atoms with van der Waals surface area (Å²) >= 11 is 0. The molecule has 0 aliphatic heterocycles. The van der Waals surface area contributed by atoms with Gasteiger partial charge in [0, 0.05) is 18.4 Å². The standard InChI is InChI=1S/C11H17N3O/c1-9-2-4-10(5-3-9)13-11(15)14-7-6-12-8-14/h6-10H,2-5H2,1H3,(H,13,15). The van der Waals surface area contributed by atoms with Crippen LogP contribution in [-0.4, -0.2) is 21.6 Å². The molecule has 1 fully saturated rings. The number of nitrogens with zero attached hydrogens (tertiary/aromatic N) is 2. The van der Waals surface area contributed by atoms with Gasteiger partial charge in [0.25, 0.3) is 0 Å². The first-order valence-electron chi connectivity index (χ1n) is 5.54. The Labute approximate surface area is 89.7 Å². The van der Waals surface area contributed by atoms with Crippen LogP contribution in [-0.2, 0) is 0 Å². The Bertz CT molecular complexity index is 313. The summed E-state index contributed by atoms with van der Waals surface area (Å²) in [5.41, 5.74) is 0. The molecular formula is C11H17N3O. The van der Waals surface area contributed by atoms with E-state index in [-0.39, 0.29) is 6.03 Å². The lowest BCUT2D eigenvalue weighted by Crippen LogP contribution is -2.39. The van der Waals surface area contributed by atoms with Gasteiger partial charge in [-0.2, -0.15) is 0 Å². The SMILES string of the molecule is CC1CCC(NC(=O)n2ccnc2)CC1. The first-order chi connectivity index (χ1) is 7.25. The quantitative estimate of drug-likeness (QED) is 0.765. The van der Waals surface area contributed by atoms with Gasteiger partial charge in [-0.3, -0.25) is 4.57 Å². The van der Waals surface area contributed by atoms with Crippen LogP contribution in [0, 0.1) is 5.92 Å². The monoisotopic (exact) mass is 207 g/mol. The molecule has 0 atom stereocenters. The molecule has 0 aromatic carbocycles. The molecule has 1 amide bonds. The lowest BCUT2D eigenvalue weighted by atomic mass is 9.87. The number of hydrogen-bond donors (Lipinski definition) is 1. The minimum absolute atomic E-state index is 0.0629. The second-order valence-corrected chi connectivity index (χ2v) is 4.38. The average molecular weight is 207 g/mol. The highest BCUT2D eigenvalue weighted by Crippen LogP contribution is 2.23. The van der Waals surface area contributed by atoms with Gasteiger partial charge in [-0.05, 0) is 31.6 Å². The molecule has 1 aliphatic carbocycles. The van der Waals surface area contributed by atoms with Gasteiger partial charge in [-0.25, -0.2) is 9.78 Å². The van der Waals surface area contributed by atoms with Crippen LogP contribution in [0.2, 0.25) is 0 Å². The zero-order valence-electron chi connectivity index (χ0n) is 9.02. The molecule has 1 heterocycles. The molecule has 0 spiro atoms. The number of nitrogens with one attached hydrogen (secondary N) is 1. The van der Waals surface area contributed by atoms with Crippen molar-refractivity contribution in [2.75, 3.05) is 0 Å². The minimum atomic E-state index is -0.0629. The topological polar surface area (TPSA) is 46.9 Å². The van der Waals surface area contributed by atoms with E-state index in [2.05, 4.69) is 17.2 Å². The Morgan fingerprint density at radius 3 is 2.73 bits per heavy atom. The van der Waals surface area contributed by atoms with Gasteiger partial charge in [0.2, 0.25) is 0 Å². The maximum atomic E-state index is 11.7. The first kappa shape index (κ1) is 10.2. The molecule has 2 rings (SSSR count). The summed E-state index contributed by atoms with van der Waals surface area (Å²) in [6.45, 7) is 2.27. The zero-order valence-corrected chi connectivity index (χ0v) is 9.02. The van der Waals surface area contributed by atoms with E-state index in [1.807, 2.05) is 0 Å². The van der Waals surface area contributed by atoms with Crippen molar-refractivity contribution in [3.05, 3.63) is 18.7 Å². The van der Waals surface area contributed by atoms with Crippen LogP contribution >= 0.6 is 0 Å². The van der Waals surface area contributed by atoms with E-state index in [9.17, 15) is 4.79 Å². The lowest BCUT2D eigenvalue weighted by Gasteiger charge is -2.26. The number of amides is 1. The molecule has 4 nitrogen and oxygen atoms in total. The van der Waals surface area contributed by atoms with Crippen molar-refractivity contribution in [3.8, 4) is 0 Å². The van der Waals surface area contributed by atoms with Crippen molar-refractivity contribution in [1.82, 2.24) is 14.9 Å². The molecule has 0 bridgehead atoms. The van der Waals surface area contributed by atoms with Gasteiger partial charge >= 0.3 is 6.03 Å². The average Bonchev–Trinajstić information content (AvgIpc) is 2.74. The maximum absolute atomic E-state index is 11.7. The molecule has 1 aromatic heterocycles. The molecule has 1 aromatic rings. The van der Waals surface area contributed by atoms with Gasteiger partial charge in [0.15, 0.2) is 0 Å². The molecule has 15 heavy (non-hydrogen) atoms. The highest BCUT2D eigenvalue weighted by molar-refractivity contribution is 5.76. The Kier molecular flexibility index (Phi) is 3.04. The fraction of sp³-hybridized carbons (Fsp3) is 0.636. The number of aromatic nitrogens is 2. The van der Waals surface area contributed by atoms with E-state index in [1.165, 1.54) is 23.7 Å². The molecular weight excluding hydrogens is 190 g/mol. The molecule has 1 N–H and O–H groups in total. The maximum Gasteiger partial charge on any atom is 0.327 e. The zero-order chi connectivity index (χ0) is 10.7. The fourth-order valence-electron chi connectivity index (χ4n) is 2.03. The summed E-state index contributed by atoms with van der Waals surface area (Å²) in [5, 5.41) is 3.03. The molecule has 0 saturated heterocycles. The Morgan fingerprint density at radius 2 is 2.13 bits per heavy atom. The summed E-state index contributed by atoms with van der Waals surface area (Å²) in [6, 6.07) is 0.281. The molecule has 4 heteroatoms.